The molecule has 0 aliphatic heterocycles. The van der Waals surface area contributed by atoms with Gasteiger partial charge in [0.2, 0.25) is 5.91 Å². The van der Waals surface area contributed by atoms with Gasteiger partial charge in [-0.1, -0.05) is 11.6 Å². The van der Waals surface area contributed by atoms with Gasteiger partial charge in [-0.05, 0) is 32.6 Å². The fourth-order valence-electron chi connectivity index (χ4n) is 2.30. The number of hydrogen-bond acceptors (Lipinski definition) is 5. The van der Waals surface area contributed by atoms with Crippen molar-refractivity contribution in [2.45, 2.75) is 44.8 Å². The molecule has 116 valence electrons. The summed E-state index contributed by atoms with van der Waals surface area (Å²) in [7, 11) is 0. The van der Waals surface area contributed by atoms with Crippen LogP contribution in [0, 0.1) is 0 Å². The lowest BCUT2D eigenvalue weighted by Crippen LogP contribution is -2.41. The van der Waals surface area contributed by atoms with Gasteiger partial charge in [-0.25, -0.2) is 9.97 Å². The number of nitrogens with zero attached hydrogens (tertiary/aromatic N) is 2. The van der Waals surface area contributed by atoms with Crippen molar-refractivity contribution in [1.29, 1.82) is 0 Å². The molecule has 6 nitrogen and oxygen atoms in total. The number of ether oxygens (including phenoxy) is 2. The van der Waals surface area contributed by atoms with Crippen LogP contribution >= 0.6 is 11.6 Å². The van der Waals surface area contributed by atoms with Gasteiger partial charge in [0.15, 0.2) is 0 Å². The van der Waals surface area contributed by atoms with Crippen LogP contribution in [0.15, 0.2) is 12.4 Å². The summed E-state index contributed by atoms with van der Waals surface area (Å²) in [5, 5.41) is 3.47. The minimum absolute atomic E-state index is 0.0535. The van der Waals surface area contributed by atoms with Gasteiger partial charge in [0, 0.05) is 12.6 Å². The topological polar surface area (TPSA) is 73.3 Å². The highest BCUT2D eigenvalue weighted by Gasteiger charge is 2.24. The molecule has 0 radical (unpaired) electrons. The molecule has 1 heterocycles. The Morgan fingerprint density at radius 1 is 1.33 bits per heavy atom. The number of carbonyl (C=O) groups is 1. The molecule has 0 unspecified atom stereocenters. The summed E-state index contributed by atoms with van der Waals surface area (Å²) in [5.41, 5.74) is 0. The molecule has 7 heteroatoms. The molecule has 1 aliphatic carbocycles. The Labute approximate surface area is 129 Å². The summed E-state index contributed by atoms with van der Waals surface area (Å²) in [6.45, 7) is 2.55. The lowest BCUT2D eigenvalue weighted by atomic mass is 9.93. The normalized spacial score (nSPS) is 21.8. The Bertz CT molecular complexity index is 447. The average molecular weight is 314 g/mol. The zero-order chi connectivity index (χ0) is 15.1. The molecule has 0 atom stereocenters. The van der Waals surface area contributed by atoms with E-state index in [4.69, 9.17) is 21.1 Å². The number of halogens is 1. The number of amides is 1. The van der Waals surface area contributed by atoms with Crippen molar-refractivity contribution in [1.82, 2.24) is 15.3 Å². The molecule has 0 spiro atoms. The minimum Gasteiger partial charge on any atom is -0.460 e. The van der Waals surface area contributed by atoms with Gasteiger partial charge < -0.3 is 14.8 Å². The molecule has 1 aromatic heterocycles. The van der Waals surface area contributed by atoms with Gasteiger partial charge in [0.25, 0.3) is 0 Å². The minimum atomic E-state index is -0.0535. The second kappa shape index (κ2) is 8.14. The second-order valence-electron chi connectivity index (χ2n) is 4.98. The Kier molecular flexibility index (Phi) is 6.20. The maximum Gasteiger partial charge on any atom is 0.316 e. The largest absolute Gasteiger partial charge is 0.460 e. The van der Waals surface area contributed by atoms with E-state index in [2.05, 4.69) is 15.3 Å². The van der Waals surface area contributed by atoms with Crippen molar-refractivity contribution < 1.29 is 14.3 Å². The smallest absolute Gasteiger partial charge is 0.316 e. The predicted molar refractivity (Wildman–Crippen MR) is 78.3 cm³/mol. The van der Waals surface area contributed by atoms with E-state index in [-0.39, 0.29) is 24.7 Å². The molecule has 1 aromatic rings. The van der Waals surface area contributed by atoms with Crippen LogP contribution in [0.1, 0.15) is 32.6 Å². The monoisotopic (exact) mass is 313 g/mol. The van der Waals surface area contributed by atoms with Crippen LogP contribution in [-0.4, -0.2) is 41.2 Å². The Hall–Kier alpha value is -1.40. The molecule has 1 amide bonds. The number of nitrogens with one attached hydrogen (secondary N) is 1. The molecule has 1 saturated carbocycles. The highest BCUT2D eigenvalue weighted by molar-refractivity contribution is 6.30. The molecular formula is C14H20ClN3O3. The second-order valence-corrected chi connectivity index (χ2v) is 5.42. The highest BCUT2D eigenvalue weighted by atomic mass is 35.5. The number of carbonyl (C=O) groups excluding carboxylic acids is 1. The van der Waals surface area contributed by atoms with Crippen molar-refractivity contribution in [2.24, 2.45) is 0 Å². The summed E-state index contributed by atoms with van der Waals surface area (Å²) in [6.07, 6.45) is 6.63. The van der Waals surface area contributed by atoms with Crippen LogP contribution in [-0.2, 0) is 9.53 Å². The SMILES string of the molecule is CCOCC(=O)NC1CCC(Oc2ncc(Cl)cn2)CC1. The van der Waals surface area contributed by atoms with Gasteiger partial charge >= 0.3 is 6.01 Å². The number of rotatable bonds is 6. The summed E-state index contributed by atoms with van der Waals surface area (Å²) in [6, 6.07) is 0.548. The number of aromatic nitrogens is 2. The first-order chi connectivity index (χ1) is 10.2. The van der Waals surface area contributed by atoms with E-state index in [0.29, 0.717) is 17.6 Å². The fourth-order valence-corrected chi connectivity index (χ4v) is 2.40. The van der Waals surface area contributed by atoms with E-state index < -0.39 is 0 Å². The predicted octanol–water partition coefficient (Wildman–Crippen LogP) is 1.97. The first kappa shape index (κ1) is 16.0. The van der Waals surface area contributed by atoms with Crippen molar-refractivity contribution >= 4 is 17.5 Å². The summed E-state index contributed by atoms with van der Waals surface area (Å²) in [4.78, 5) is 19.6. The van der Waals surface area contributed by atoms with E-state index in [9.17, 15) is 4.79 Å². The Morgan fingerprint density at radius 3 is 2.62 bits per heavy atom. The van der Waals surface area contributed by atoms with Crippen LogP contribution in [0.3, 0.4) is 0 Å². The fraction of sp³-hybridized carbons (Fsp3) is 0.643. The third kappa shape index (κ3) is 5.47. The van der Waals surface area contributed by atoms with Crippen molar-refractivity contribution in [3.8, 4) is 6.01 Å². The van der Waals surface area contributed by atoms with Gasteiger partial charge in [-0.15, -0.1) is 0 Å². The lowest BCUT2D eigenvalue weighted by molar-refractivity contribution is -0.126. The van der Waals surface area contributed by atoms with E-state index in [1.807, 2.05) is 6.92 Å². The van der Waals surface area contributed by atoms with Crippen LogP contribution in [0.25, 0.3) is 0 Å². The maximum atomic E-state index is 11.6. The molecule has 0 bridgehead atoms. The highest BCUT2D eigenvalue weighted by Crippen LogP contribution is 2.22. The Balaban J connectivity index is 1.70. The molecule has 0 aromatic carbocycles. The first-order valence-corrected chi connectivity index (χ1v) is 7.56. The summed E-state index contributed by atoms with van der Waals surface area (Å²) in [5.74, 6) is -0.0535. The molecule has 2 rings (SSSR count). The van der Waals surface area contributed by atoms with Crippen LogP contribution < -0.4 is 10.1 Å². The third-order valence-corrected chi connectivity index (χ3v) is 3.54. The average Bonchev–Trinajstić information content (AvgIpc) is 2.49. The molecule has 1 N–H and O–H groups in total. The van der Waals surface area contributed by atoms with Crippen LogP contribution in [0.5, 0.6) is 6.01 Å². The molecular weight excluding hydrogens is 294 g/mol. The van der Waals surface area contributed by atoms with E-state index in [0.717, 1.165) is 25.7 Å². The van der Waals surface area contributed by atoms with Crippen molar-refractivity contribution in [3.05, 3.63) is 17.4 Å². The standard InChI is InChI=1S/C14H20ClN3O3/c1-2-20-9-13(19)18-11-3-5-12(6-4-11)21-14-16-7-10(15)8-17-14/h7-8,11-12H,2-6,9H2,1H3,(H,18,19). The summed E-state index contributed by atoms with van der Waals surface area (Å²) >= 11 is 5.73. The lowest BCUT2D eigenvalue weighted by Gasteiger charge is -2.28. The number of hydrogen-bond donors (Lipinski definition) is 1. The Morgan fingerprint density at radius 2 is 2.00 bits per heavy atom. The third-order valence-electron chi connectivity index (χ3n) is 3.35. The van der Waals surface area contributed by atoms with Crippen LogP contribution in [0.4, 0.5) is 0 Å². The van der Waals surface area contributed by atoms with E-state index in [1.165, 1.54) is 12.4 Å². The molecule has 1 aliphatic rings. The molecule has 0 saturated heterocycles. The van der Waals surface area contributed by atoms with Gasteiger partial charge in [0.05, 0.1) is 17.4 Å². The van der Waals surface area contributed by atoms with E-state index in [1.54, 1.807) is 0 Å². The maximum absolute atomic E-state index is 11.6. The zero-order valence-electron chi connectivity index (χ0n) is 12.0. The van der Waals surface area contributed by atoms with Crippen molar-refractivity contribution in [3.63, 3.8) is 0 Å². The van der Waals surface area contributed by atoms with Gasteiger partial charge in [0.1, 0.15) is 12.7 Å². The van der Waals surface area contributed by atoms with Crippen LogP contribution in [0.2, 0.25) is 5.02 Å². The van der Waals surface area contributed by atoms with Gasteiger partial charge in [-0.2, -0.15) is 0 Å². The zero-order valence-corrected chi connectivity index (χ0v) is 12.8. The first-order valence-electron chi connectivity index (χ1n) is 7.18. The van der Waals surface area contributed by atoms with Crippen molar-refractivity contribution in [2.75, 3.05) is 13.2 Å². The van der Waals surface area contributed by atoms with E-state index >= 15 is 0 Å². The summed E-state index contributed by atoms with van der Waals surface area (Å²) < 4.78 is 10.8. The quantitative estimate of drug-likeness (QED) is 0.869. The molecule has 21 heavy (non-hydrogen) atoms. The molecule has 1 fully saturated rings. The van der Waals surface area contributed by atoms with Gasteiger partial charge in [-0.3, -0.25) is 4.79 Å².